The first-order valence-electron chi connectivity index (χ1n) is 5.47. The summed E-state index contributed by atoms with van der Waals surface area (Å²) in [6, 6.07) is 1.83. The van der Waals surface area contributed by atoms with E-state index in [0.717, 1.165) is 18.4 Å². The van der Waals surface area contributed by atoms with Crippen LogP contribution in [0.4, 0.5) is 0 Å². The molecule has 2 N–H and O–H groups in total. The highest BCUT2D eigenvalue weighted by Gasteiger charge is 2.01. The van der Waals surface area contributed by atoms with Crippen molar-refractivity contribution >= 4 is 5.91 Å². The molecule has 0 fully saturated rings. The zero-order chi connectivity index (χ0) is 11.1. The lowest BCUT2D eigenvalue weighted by atomic mass is 10.1. The molecule has 3 heteroatoms. The summed E-state index contributed by atoms with van der Waals surface area (Å²) in [6.45, 7) is 2.19. The van der Waals surface area contributed by atoms with Crippen molar-refractivity contribution in [2.24, 2.45) is 5.73 Å². The van der Waals surface area contributed by atoms with E-state index >= 15 is 0 Å². The van der Waals surface area contributed by atoms with Crippen LogP contribution in [-0.4, -0.2) is 10.9 Å². The van der Waals surface area contributed by atoms with E-state index in [1.54, 1.807) is 6.20 Å². The number of nitrogens with zero attached hydrogens (tertiary/aromatic N) is 1. The molecule has 0 spiro atoms. The summed E-state index contributed by atoms with van der Waals surface area (Å²) in [5.74, 6) is -0.405. The summed E-state index contributed by atoms with van der Waals surface area (Å²) < 4.78 is 0. The SMILES string of the molecule is CCCCCCc1cncc(C(N)=O)c1. The van der Waals surface area contributed by atoms with Crippen molar-refractivity contribution in [2.75, 3.05) is 0 Å². The van der Waals surface area contributed by atoms with Crippen LogP contribution in [0.5, 0.6) is 0 Å². The first kappa shape index (κ1) is 11.7. The predicted octanol–water partition coefficient (Wildman–Crippen LogP) is 2.30. The molecule has 0 saturated carbocycles. The van der Waals surface area contributed by atoms with E-state index in [2.05, 4.69) is 11.9 Å². The topological polar surface area (TPSA) is 56.0 Å². The molecule has 1 aromatic rings. The monoisotopic (exact) mass is 206 g/mol. The zero-order valence-corrected chi connectivity index (χ0v) is 9.20. The van der Waals surface area contributed by atoms with E-state index in [1.165, 1.54) is 25.5 Å². The molecule has 82 valence electrons. The van der Waals surface area contributed by atoms with Crippen molar-refractivity contribution in [3.8, 4) is 0 Å². The van der Waals surface area contributed by atoms with Gasteiger partial charge in [-0.1, -0.05) is 26.2 Å². The Bertz CT molecular complexity index is 323. The second kappa shape index (κ2) is 6.17. The van der Waals surface area contributed by atoms with Gasteiger partial charge >= 0.3 is 0 Å². The number of unbranched alkanes of at least 4 members (excludes halogenated alkanes) is 3. The minimum Gasteiger partial charge on any atom is -0.366 e. The van der Waals surface area contributed by atoms with Gasteiger partial charge < -0.3 is 5.73 Å². The van der Waals surface area contributed by atoms with Crippen molar-refractivity contribution in [2.45, 2.75) is 39.0 Å². The van der Waals surface area contributed by atoms with Crippen molar-refractivity contribution < 1.29 is 4.79 Å². The third kappa shape index (κ3) is 4.11. The van der Waals surface area contributed by atoms with Crippen molar-refractivity contribution in [1.29, 1.82) is 0 Å². The van der Waals surface area contributed by atoms with Crippen LogP contribution in [0.3, 0.4) is 0 Å². The maximum Gasteiger partial charge on any atom is 0.250 e. The Balaban J connectivity index is 2.47. The summed E-state index contributed by atoms with van der Waals surface area (Å²) >= 11 is 0. The van der Waals surface area contributed by atoms with Gasteiger partial charge in [-0.25, -0.2) is 0 Å². The lowest BCUT2D eigenvalue weighted by Crippen LogP contribution is -2.11. The second-order valence-electron chi connectivity index (χ2n) is 3.76. The van der Waals surface area contributed by atoms with Gasteiger partial charge in [0.15, 0.2) is 0 Å². The van der Waals surface area contributed by atoms with Crippen LogP contribution in [0.25, 0.3) is 0 Å². The highest BCUT2D eigenvalue weighted by molar-refractivity contribution is 5.92. The van der Waals surface area contributed by atoms with Crippen LogP contribution in [0.1, 0.15) is 48.5 Å². The van der Waals surface area contributed by atoms with E-state index in [9.17, 15) is 4.79 Å². The van der Waals surface area contributed by atoms with Crippen molar-refractivity contribution in [3.63, 3.8) is 0 Å². The number of nitrogens with two attached hydrogens (primary N) is 1. The molecule has 0 radical (unpaired) electrons. The largest absolute Gasteiger partial charge is 0.366 e. The van der Waals surface area contributed by atoms with Gasteiger partial charge in [0.05, 0.1) is 5.56 Å². The maximum absolute atomic E-state index is 10.9. The minimum atomic E-state index is -0.405. The molecule has 0 aromatic carbocycles. The second-order valence-corrected chi connectivity index (χ2v) is 3.76. The van der Waals surface area contributed by atoms with Crippen molar-refractivity contribution in [1.82, 2.24) is 4.98 Å². The van der Waals surface area contributed by atoms with Gasteiger partial charge in [0.1, 0.15) is 0 Å². The van der Waals surface area contributed by atoms with Crippen LogP contribution in [0.15, 0.2) is 18.5 Å². The fraction of sp³-hybridized carbons (Fsp3) is 0.500. The first-order valence-corrected chi connectivity index (χ1v) is 5.47. The van der Waals surface area contributed by atoms with Gasteiger partial charge in [-0.2, -0.15) is 0 Å². The number of amides is 1. The standard InChI is InChI=1S/C12H18N2O/c1-2-3-4-5-6-10-7-11(12(13)15)9-14-8-10/h7-9H,2-6H2,1H3,(H2,13,15). The van der Waals surface area contributed by atoms with E-state index < -0.39 is 5.91 Å². The van der Waals surface area contributed by atoms with Gasteiger partial charge in [-0.05, 0) is 24.5 Å². The smallest absolute Gasteiger partial charge is 0.250 e. The molecule has 0 atom stereocenters. The lowest BCUT2D eigenvalue weighted by molar-refractivity contribution is 0.1000. The Morgan fingerprint density at radius 1 is 1.33 bits per heavy atom. The number of carbonyl (C=O) groups is 1. The quantitative estimate of drug-likeness (QED) is 0.726. The first-order chi connectivity index (χ1) is 7.24. The Kier molecular flexibility index (Phi) is 4.81. The predicted molar refractivity (Wildman–Crippen MR) is 60.6 cm³/mol. The number of aryl methyl sites for hydroxylation is 1. The van der Waals surface area contributed by atoms with Gasteiger partial charge in [0, 0.05) is 12.4 Å². The van der Waals surface area contributed by atoms with E-state index in [0.29, 0.717) is 5.56 Å². The molecular formula is C12H18N2O. The Morgan fingerprint density at radius 3 is 2.80 bits per heavy atom. The number of hydrogen-bond donors (Lipinski definition) is 1. The fourth-order valence-electron chi connectivity index (χ4n) is 1.51. The third-order valence-corrected chi connectivity index (χ3v) is 2.40. The van der Waals surface area contributed by atoms with Crippen molar-refractivity contribution in [3.05, 3.63) is 29.6 Å². The Labute approximate surface area is 90.7 Å². The average molecular weight is 206 g/mol. The van der Waals surface area contributed by atoms with Gasteiger partial charge in [-0.3, -0.25) is 9.78 Å². The molecule has 0 bridgehead atoms. The van der Waals surface area contributed by atoms with E-state index in [1.807, 2.05) is 6.07 Å². The number of primary amides is 1. The van der Waals surface area contributed by atoms with Crippen LogP contribution >= 0.6 is 0 Å². The summed E-state index contributed by atoms with van der Waals surface area (Å²) in [7, 11) is 0. The molecule has 1 amide bonds. The molecule has 1 rings (SSSR count). The maximum atomic E-state index is 10.9. The number of aromatic nitrogens is 1. The highest BCUT2D eigenvalue weighted by atomic mass is 16.1. The van der Waals surface area contributed by atoms with E-state index in [-0.39, 0.29) is 0 Å². The summed E-state index contributed by atoms with van der Waals surface area (Å²) in [5.41, 5.74) is 6.78. The van der Waals surface area contributed by atoms with Gasteiger partial charge in [-0.15, -0.1) is 0 Å². The molecule has 1 heterocycles. The molecule has 0 aliphatic rings. The summed E-state index contributed by atoms with van der Waals surface area (Å²) in [6.07, 6.45) is 9.18. The summed E-state index contributed by atoms with van der Waals surface area (Å²) in [5, 5.41) is 0. The number of hydrogen-bond acceptors (Lipinski definition) is 2. The van der Waals surface area contributed by atoms with Crippen LogP contribution in [0, 0.1) is 0 Å². The minimum absolute atomic E-state index is 0.405. The van der Waals surface area contributed by atoms with Crippen LogP contribution in [-0.2, 0) is 6.42 Å². The normalized spacial score (nSPS) is 10.2. The number of carbonyl (C=O) groups excluding carboxylic acids is 1. The van der Waals surface area contributed by atoms with E-state index in [4.69, 9.17) is 5.73 Å². The molecule has 0 aliphatic heterocycles. The molecule has 0 unspecified atom stereocenters. The third-order valence-electron chi connectivity index (χ3n) is 2.40. The molecule has 0 aliphatic carbocycles. The highest BCUT2D eigenvalue weighted by Crippen LogP contribution is 2.08. The molecule has 0 saturated heterocycles. The lowest BCUT2D eigenvalue weighted by Gasteiger charge is -2.02. The Morgan fingerprint density at radius 2 is 2.13 bits per heavy atom. The molecule has 1 aromatic heterocycles. The zero-order valence-electron chi connectivity index (χ0n) is 9.20. The molecule has 3 nitrogen and oxygen atoms in total. The number of pyridine rings is 1. The average Bonchev–Trinajstić information content (AvgIpc) is 2.25. The fourth-order valence-corrected chi connectivity index (χ4v) is 1.51. The molecular weight excluding hydrogens is 188 g/mol. The Hall–Kier alpha value is -1.38. The van der Waals surface area contributed by atoms with Gasteiger partial charge in [0.25, 0.3) is 0 Å². The number of rotatable bonds is 6. The van der Waals surface area contributed by atoms with Crippen LogP contribution in [0.2, 0.25) is 0 Å². The van der Waals surface area contributed by atoms with Gasteiger partial charge in [0.2, 0.25) is 5.91 Å². The molecule has 15 heavy (non-hydrogen) atoms. The summed E-state index contributed by atoms with van der Waals surface area (Å²) in [4.78, 5) is 14.9. The van der Waals surface area contributed by atoms with Crippen LogP contribution < -0.4 is 5.73 Å².